The normalized spacial score (nSPS) is 12.5. The van der Waals surface area contributed by atoms with Crippen LogP contribution in [0.25, 0.3) is 0 Å². The maximum absolute atomic E-state index is 13.0. The van der Waals surface area contributed by atoms with Gasteiger partial charge in [-0.1, -0.05) is 31.6 Å². The Labute approximate surface area is 144 Å². The monoisotopic (exact) mass is 330 g/mol. The molecule has 4 heteroatoms. The minimum Gasteiger partial charge on any atom is -0.392 e. The highest BCUT2D eigenvalue weighted by Gasteiger charge is 2.12. The largest absolute Gasteiger partial charge is 0.392 e. The van der Waals surface area contributed by atoms with Crippen molar-refractivity contribution >= 4 is 0 Å². The molecule has 1 N–H and O–H groups in total. The summed E-state index contributed by atoms with van der Waals surface area (Å²) in [6.45, 7) is 8.73. The van der Waals surface area contributed by atoms with E-state index in [-0.39, 0.29) is 11.9 Å². The lowest BCUT2D eigenvalue weighted by atomic mass is 10.2. The molecule has 0 bridgehead atoms. The number of halogens is 1. The number of aliphatic hydroxyl groups is 1. The second-order valence-corrected chi connectivity index (χ2v) is 6.18. The number of aliphatic hydroxyl groups excluding tert-OH is 1. The summed E-state index contributed by atoms with van der Waals surface area (Å²) < 4.78 is 15.2. The highest BCUT2D eigenvalue weighted by Crippen LogP contribution is 2.12. The van der Waals surface area contributed by atoms with E-state index in [0.29, 0.717) is 13.1 Å². The van der Waals surface area contributed by atoms with Crippen LogP contribution < -0.4 is 0 Å². The Bertz CT molecular complexity index is 621. The van der Waals surface area contributed by atoms with E-state index in [1.165, 1.54) is 17.8 Å². The van der Waals surface area contributed by atoms with Crippen LogP contribution in [0.15, 0.2) is 55.3 Å². The molecule has 130 valence electrons. The average molecular weight is 330 g/mol. The van der Waals surface area contributed by atoms with Gasteiger partial charge in [-0.15, -0.1) is 6.58 Å². The zero-order chi connectivity index (χ0) is 17.4. The summed E-state index contributed by atoms with van der Waals surface area (Å²) in [5.74, 6) is -0.214. The smallest absolute Gasteiger partial charge is 0.123 e. The van der Waals surface area contributed by atoms with E-state index in [0.717, 1.165) is 31.5 Å². The van der Waals surface area contributed by atoms with E-state index < -0.39 is 0 Å². The van der Waals surface area contributed by atoms with Crippen LogP contribution in [0.2, 0.25) is 0 Å². The van der Waals surface area contributed by atoms with Crippen LogP contribution in [-0.2, 0) is 13.1 Å². The van der Waals surface area contributed by atoms with Gasteiger partial charge in [0.15, 0.2) is 0 Å². The van der Waals surface area contributed by atoms with Gasteiger partial charge in [-0.25, -0.2) is 4.39 Å². The van der Waals surface area contributed by atoms with E-state index in [4.69, 9.17) is 0 Å². The number of hydrogen-bond acceptors (Lipinski definition) is 2. The van der Waals surface area contributed by atoms with E-state index >= 15 is 0 Å². The Kier molecular flexibility index (Phi) is 7.22. The molecule has 0 saturated carbocycles. The topological polar surface area (TPSA) is 28.4 Å². The molecule has 1 aromatic carbocycles. The van der Waals surface area contributed by atoms with Gasteiger partial charge in [-0.3, -0.25) is 4.90 Å². The van der Waals surface area contributed by atoms with Crippen molar-refractivity contribution in [1.29, 1.82) is 0 Å². The molecule has 24 heavy (non-hydrogen) atoms. The summed E-state index contributed by atoms with van der Waals surface area (Å²) in [6, 6.07) is 10.7. The molecule has 1 heterocycles. The molecular weight excluding hydrogens is 303 g/mol. The van der Waals surface area contributed by atoms with Crippen LogP contribution >= 0.6 is 0 Å². The summed E-state index contributed by atoms with van der Waals surface area (Å²) in [5.41, 5.74) is 2.24. The van der Waals surface area contributed by atoms with E-state index in [1.54, 1.807) is 0 Å². The Hall–Kier alpha value is -1.91. The molecule has 0 saturated heterocycles. The minimum atomic E-state index is -0.310. The van der Waals surface area contributed by atoms with E-state index in [1.807, 2.05) is 30.5 Å². The Morgan fingerprint density at radius 2 is 2.04 bits per heavy atom. The van der Waals surface area contributed by atoms with Crippen LogP contribution in [0, 0.1) is 5.82 Å². The molecule has 0 aliphatic carbocycles. The zero-order valence-corrected chi connectivity index (χ0v) is 14.4. The number of benzene rings is 1. The molecule has 0 aliphatic heterocycles. The molecule has 0 aliphatic rings. The summed E-state index contributed by atoms with van der Waals surface area (Å²) >= 11 is 0. The van der Waals surface area contributed by atoms with E-state index in [9.17, 15) is 9.50 Å². The van der Waals surface area contributed by atoms with Crippen molar-refractivity contribution in [3.8, 4) is 0 Å². The van der Waals surface area contributed by atoms with Gasteiger partial charge in [0, 0.05) is 38.1 Å². The van der Waals surface area contributed by atoms with Crippen molar-refractivity contribution in [2.75, 3.05) is 13.1 Å². The second kappa shape index (κ2) is 9.40. The standard InChI is InChI=1S/C20H27FN2O/c1-3-6-20(24)16-22(12-4-2)15-19-7-5-13-23(19)14-17-8-10-18(21)11-9-17/h4-5,7-11,13,20,24H,2-3,6,12,14-16H2,1H3. The van der Waals surface area contributed by atoms with Crippen LogP contribution in [0.3, 0.4) is 0 Å². The van der Waals surface area contributed by atoms with Crippen molar-refractivity contribution in [3.05, 3.63) is 72.3 Å². The van der Waals surface area contributed by atoms with Gasteiger partial charge in [0.1, 0.15) is 5.82 Å². The number of hydrogen-bond donors (Lipinski definition) is 1. The predicted molar refractivity (Wildman–Crippen MR) is 96.3 cm³/mol. The molecule has 0 amide bonds. The van der Waals surface area contributed by atoms with Crippen molar-refractivity contribution < 1.29 is 9.50 Å². The van der Waals surface area contributed by atoms with Gasteiger partial charge >= 0.3 is 0 Å². The molecular formula is C20H27FN2O. The second-order valence-electron chi connectivity index (χ2n) is 6.18. The summed E-state index contributed by atoms with van der Waals surface area (Å²) in [5, 5.41) is 10.1. The van der Waals surface area contributed by atoms with Crippen molar-refractivity contribution in [3.63, 3.8) is 0 Å². The Morgan fingerprint density at radius 3 is 2.71 bits per heavy atom. The van der Waals surface area contributed by atoms with Gasteiger partial charge in [-0.05, 0) is 36.2 Å². The molecule has 3 nitrogen and oxygen atoms in total. The third-order valence-corrected chi connectivity index (χ3v) is 4.05. The first-order chi connectivity index (χ1) is 11.6. The zero-order valence-electron chi connectivity index (χ0n) is 14.4. The number of rotatable bonds is 10. The SMILES string of the molecule is C=CCN(Cc1cccn1Cc1ccc(F)cc1)CC(O)CCC. The number of nitrogens with zero attached hydrogens (tertiary/aromatic N) is 2. The van der Waals surface area contributed by atoms with Crippen molar-refractivity contribution in [1.82, 2.24) is 9.47 Å². The molecule has 2 rings (SSSR count). The lowest BCUT2D eigenvalue weighted by Gasteiger charge is -2.24. The van der Waals surface area contributed by atoms with Crippen molar-refractivity contribution in [2.24, 2.45) is 0 Å². The van der Waals surface area contributed by atoms with Crippen LogP contribution in [0.4, 0.5) is 4.39 Å². The molecule has 1 unspecified atom stereocenters. The fourth-order valence-electron chi connectivity index (χ4n) is 2.87. The average Bonchev–Trinajstić information content (AvgIpc) is 2.97. The van der Waals surface area contributed by atoms with E-state index in [2.05, 4.69) is 29.0 Å². The lowest BCUT2D eigenvalue weighted by Crippen LogP contribution is -2.33. The molecule has 1 aromatic heterocycles. The molecule has 0 fully saturated rings. The van der Waals surface area contributed by atoms with Gasteiger partial charge in [0.2, 0.25) is 0 Å². The van der Waals surface area contributed by atoms with Crippen molar-refractivity contribution in [2.45, 2.75) is 39.0 Å². The molecule has 1 atom stereocenters. The van der Waals surface area contributed by atoms with Crippen LogP contribution in [0.5, 0.6) is 0 Å². The minimum absolute atomic E-state index is 0.214. The molecule has 0 spiro atoms. The fourth-order valence-corrected chi connectivity index (χ4v) is 2.87. The predicted octanol–water partition coefficient (Wildman–Crippen LogP) is 3.82. The maximum atomic E-state index is 13.0. The van der Waals surface area contributed by atoms with Gasteiger partial charge in [-0.2, -0.15) is 0 Å². The summed E-state index contributed by atoms with van der Waals surface area (Å²) in [4.78, 5) is 2.20. The first kappa shape index (κ1) is 18.4. The molecule has 0 radical (unpaired) electrons. The molecule has 2 aromatic rings. The number of aromatic nitrogens is 1. The van der Waals surface area contributed by atoms with Gasteiger partial charge < -0.3 is 9.67 Å². The Balaban J connectivity index is 2.03. The highest BCUT2D eigenvalue weighted by atomic mass is 19.1. The maximum Gasteiger partial charge on any atom is 0.123 e. The quantitative estimate of drug-likeness (QED) is 0.671. The first-order valence-corrected chi connectivity index (χ1v) is 8.52. The van der Waals surface area contributed by atoms with Crippen LogP contribution in [0.1, 0.15) is 31.0 Å². The van der Waals surface area contributed by atoms with Crippen LogP contribution in [-0.4, -0.2) is 33.8 Å². The lowest BCUT2D eigenvalue weighted by molar-refractivity contribution is 0.106. The summed E-state index contributed by atoms with van der Waals surface area (Å²) in [6.07, 6.45) is 5.38. The third kappa shape index (κ3) is 5.62. The fraction of sp³-hybridized carbons (Fsp3) is 0.400. The third-order valence-electron chi connectivity index (χ3n) is 4.05. The van der Waals surface area contributed by atoms with Gasteiger partial charge in [0.05, 0.1) is 6.10 Å². The Morgan fingerprint density at radius 1 is 1.29 bits per heavy atom. The first-order valence-electron chi connectivity index (χ1n) is 8.52. The summed E-state index contributed by atoms with van der Waals surface area (Å²) in [7, 11) is 0. The highest BCUT2D eigenvalue weighted by molar-refractivity contribution is 5.18. The van der Waals surface area contributed by atoms with Gasteiger partial charge in [0.25, 0.3) is 0 Å².